The number of aryl methyl sites for hydroxylation is 2. The number of hydrogen-bond donors (Lipinski definition) is 2. The molecule has 2 N–H and O–H groups in total. The molecule has 1 aliphatic carbocycles. The molecule has 1 saturated heterocycles. The van der Waals surface area contributed by atoms with Crippen LogP contribution in [-0.4, -0.2) is 42.0 Å². The zero-order valence-electron chi connectivity index (χ0n) is 16.8. The topological polar surface area (TPSA) is 97.9 Å². The maximum Gasteiger partial charge on any atom is 0.261 e. The summed E-state index contributed by atoms with van der Waals surface area (Å²) < 4.78 is 3.58. The third-order valence-electron chi connectivity index (χ3n) is 6.72. The Hall–Kier alpha value is -3.26. The van der Waals surface area contributed by atoms with Gasteiger partial charge in [-0.3, -0.25) is 9.48 Å². The second-order valence-electron chi connectivity index (χ2n) is 8.56. The third kappa shape index (κ3) is 2.43. The summed E-state index contributed by atoms with van der Waals surface area (Å²) in [6, 6.07) is 4.49. The fourth-order valence-corrected chi connectivity index (χ4v) is 5.20. The van der Waals surface area contributed by atoms with Gasteiger partial charge in [0.25, 0.3) is 5.56 Å². The number of aromatic nitrogens is 5. The molecule has 4 aromatic rings. The maximum absolute atomic E-state index is 13.1. The molecule has 1 saturated carbocycles. The Morgan fingerprint density at radius 1 is 1.30 bits per heavy atom. The van der Waals surface area contributed by atoms with E-state index in [0.29, 0.717) is 39.8 Å². The van der Waals surface area contributed by atoms with Crippen LogP contribution in [0.25, 0.3) is 33.2 Å². The average Bonchev–Trinajstić information content (AvgIpc) is 3.46. The Balaban J connectivity index is 1.47. The number of aromatic hydroxyl groups is 1. The number of phenols is 1. The highest BCUT2D eigenvalue weighted by Gasteiger charge is 2.40. The van der Waals surface area contributed by atoms with Gasteiger partial charge in [-0.1, -0.05) is 0 Å². The van der Waals surface area contributed by atoms with Crippen molar-refractivity contribution in [1.29, 1.82) is 0 Å². The van der Waals surface area contributed by atoms with Crippen LogP contribution in [0, 0.1) is 12.8 Å². The molecule has 0 spiro atoms. The highest BCUT2D eigenvalue weighted by atomic mass is 16.3. The van der Waals surface area contributed by atoms with Gasteiger partial charge in [0, 0.05) is 55.2 Å². The second-order valence-corrected chi connectivity index (χ2v) is 8.56. The predicted octanol–water partition coefficient (Wildman–Crippen LogP) is 2.28. The molecule has 2 fully saturated rings. The van der Waals surface area contributed by atoms with Gasteiger partial charge >= 0.3 is 0 Å². The van der Waals surface area contributed by atoms with E-state index < -0.39 is 0 Å². The molecule has 2 aliphatic rings. The predicted molar refractivity (Wildman–Crippen MR) is 113 cm³/mol. The Morgan fingerprint density at radius 3 is 2.93 bits per heavy atom. The van der Waals surface area contributed by atoms with Crippen molar-refractivity contribution in [2.24, 2.45) is 13.0 Å². The van der Waals surface area contributed by atoms with Crippen LogP contribution >= 0.6 is 0 Å². The largest absolute Gasteiger partial charge is 0.507 e. The van der Waals surface area contributed by atoms with Crippen LogP contribution in [0.5, 0.6) is 5.75 Å². The van der Waals surface area contributed by atoms with Crippen molar-refractivity contribution < 1.29 is 5.11 Å². The number of pyridine rings is 1. The van der Waals surface area contributed by atoms with Crippen LogP contribution in [0.3, 0.4) is 0 Å². The lowest BCUT2D eigenvalue weighted by Gasteiger charge is -2.24. The molecule has 1 aliphatic heterocycles. The number of rotatable bonds is 2. The lowest BCUT2D eigenvalue weighted by Crippen LogP contribution is -2.35. The van der Waals surface area contributed by atoms with Gasteiger partial charge in [-0.25, -0.2) is 9.97 Å². The van der Waals surface area contributed by atoms with Crippen LogP contribution in [0.1, 0.15) is 24.4 Å². The van der Waals surface area contributed by atoms with Gasteiger partial charge in [-0.2, -0.15) is 5.10 Å². The lowest BCUT2D eigenvalue weighted by atomic mass is 10.0. The summed E-state index contributed by atoms with van der Waals surface area (Å²) in [5.74, 6) is 1.02. The van der Waals surface area contributed by atoms with Gasteiger partial charge in [-0.15, -0.1) is 0 Å². The summed E-state index contributed by atoms with van der Waals surface area (Å²) in [5, 5.41) is 20.0. The number of piperidine rings is 1. The van der Waals surface area contributed by atoms with Crippen molar-refractivity contribution in [1.82, 2.24) is 29.6 Å². The first-order valence-electron chi connectivity index (χ1n) is 10.3. The minimum atomic E-state index is -0.0419. The van der Waals surface area contributed by atoms with Gasteiger partial charge in [0.05, 0.1) is 22.0 Å². The SMILES string of the molecule is Cc1c(O)c(-c2ncc3c(=O)n([C@@H]4C[C@@H]5C[C@H]4CN5)ccc3n2)cc2cn(C)nc12. The van der Waals surface area contributed by atoms with Crippen molar-refractivity contribution in [2.45, 2.75) is 31.8 Å². The van der Waals surface area contributed by atoms with Crippen molar-refractivity contribution in [3.05, 3.63) is 46.6 Å². The lowest BCUT2D eigenvalue weighted by molar-refractivity contribution is 0.340. The quantitative estimate of drug-likeness (QED) is 0.534. The molecule has 8 nitrogen and oxygen atoms in total. The van der Waals surface area contributed by atoms with E-state index in [4.69, 9.17) is 0 Å². The van der Waals surface area contributed by atoms with E-state index in [1.54, 1.807) is 10.9 Å². The fraction of sp³-hybridized carbons (Fsp3) is 0.364. The van der Waals surface area contributed by atoms with E-state index >= 15 is 0 Å². The zero-order chi connectivity index (χ0) is 20.6. The van der Waals surface area contributed by atoms with Crippen molar-refractivity contribution in [3.63, 3.8) is 0 Å². The summed E-state index contributed by atoms with van der Waals surface area (Å²) >= 11 is 0. The van der Waals surface area contributed by atoms with Crippen LogP contribution < -0.4 is 10.9 Å². The number of fused-ring (bicyclic) bond motifs is 4. The Bertz CT molecular complexity index is 1390. The third-order valence-corrected chi connectivity index (χ3v) is 6.72. The van der Waals surface area contributed by atoms with Crippen LogP contribution in [0.15, 0.2) is 35.5 Å². The van der Waals surface area contributed by atoms with Gasteiger partial charge in [0.15, 0.2) is 5.82 Å². The molecule has 0 unspecified atom stereocenters. The van der Waals surface area contributed by atoms with Crippen molar-refractivity contribution in [3.8, 4) is 17.1 Å². The van der Waals surface area contributed by atoms with Crippen molar-refractivity contribution >= 4 is 21.8 Å². The first-order chi connectivity index (χ1) is 14.5. The Kier molecular flexibility index (Phi) is 3.59. The molecule has 4 heterocycles. The first-order valence-corrected chi connectivity index (χ1v) is 10.3. The molecule has 3 aromatic heterocycles. The average molecular weight is 402 g/mol. The summed E-state index contributed by atoms with van der Waals surface area (Å²) in [6.45, 7) is 2.81. The molecule has 152 valence electrons. The van der Waals surface area contributed by atoms with Crippen LogP contribution in [-0.2, 0) is 7.05 Å². The maximum atomic E-state index is 13.1. The number of nitrogens with one attached hydrogen (secondary N) is 1. The fourth-order valence-electron chi connectivity index (χ4n) is 5.20. The zero-order valence-corrected chi connectivity index (χ0v) is 16.8. The molecule has 0 amide bonds. The second kappa shape index (κ2) is 6.12. The van der Waals surface area contributed by atoms with Crippen LogP contribution in [0.2, 0.25) is 0 Å². The van der Waals surface area contributed by atoms with Crippen molar-refractivity contribution in [2.75, 3.05) is 6.54 Å². The molecule has 2 bridgehead atoms. The van der Waals surface area contributed by atoms with E-state index in [0.717, 1.165) is 30.3 Å². The molecule has 30 heavy (non-hydrogen) atoms. The molecule has 6 rings (SSSR count). The standard InChI is InChI=1S/C22H22N6O2/c1-11-19-13(10-27(2)26-19)6-15(20(11)29)21-24-9-16-17(25-21)3-4-28(22(16)30)18-7-14-5-12(18)8-23-14/h3-4,6,9-10,12,14,18,23,29H,5,7-8H2,1-2H3/t12-,14-,18+/m0/s1. The van der Waals surface area contributed by atoms with E-state index in [1.165, 1.54) is 0 Å². The van der Waals surface area contributed by atoms with Gasteiger partial charge in [-0.05, 0) is 37.8 Å². The monoisotopic (exact) mass is 402 g/mol. The molecule has 8 heteroatoms. The summed E-state index contributed by atoms with van der Waals surface area (Å²) in [5.41, 5.74) is 2.53. The first kappa shape index (κ1) is 17.6. The summed E-state index contributed by atoms with van der Waals surface area (Å²) in [4.78, 5) is 22.2. The molecule has 0 radical (unpaired) electrons. The minimum Gasteiger partial charge on any atom is -0.507 e. The van der Waals surface area contributed by atoms with Gasteiger partial charge in [0.2, 0.25) is 0 Å². The van der Waals surface area contributed by atoms with Gasteiger partial charge in [0.1, 0.15) is 5.75 Å². The minimum absolute atomic E-state index is 0.0419. The van der Waals surface area contributed by atoms with E-state index in [-0.39, 0.29) is 17.4 Å². The normalized spacial score (nSPS) is 23.1. The summed E-state index contributed by atoms with van der Waals surface area (Å²) in [6.07, 6.45) is 7.48. The molecular weight excluding hydrogens is 380 g/mol. The Morgan fingerprint density at radius 2 is 2.17 bits per heavy atom. The van der Waals surface area contributed by atoms with E-state index in [1.807, 2.05) is 43.1 Å². The number of phenolic OH excluding ortho intramolecular Hbond substituents is 1. The molecule has 1 aromatic carbocycles. The van der Waals surface area contributed by atoms with E-state index in [2.05, 4.69) is 20.4 Å². The summed E-state index contributed by atoms with van der Waals surface area (Å²) in [7, 11) is 1.85. The van der Waals surface area contributed by atoms with E-state index in [9.17, 15) is 9.90 Å². The number of benzene rings is 1. The number of hydrogen-bond acceptors (Lipinski definition) is 6. The molecular formula is C22H22N6O2. The van der Waals surface area contributed by atoms with Gasteiger partial charge < -0.3 is 15.0 Å². The Labute approximate surface area is 172 Å². The smallest absolute Gasteiger partial charge is 0.261 e. The number of nitrogens with zero attached hydrogens (tertiary/aromatic N) is 5. The highest BCUT2D eigenvalue weighted by Crippen LogP contribution is 2.39. The molecule has 3 atom stereocenters. The highest BCUT2D eigenvalue weighted by molar-refractivity contribution is 5.90. The van der Waals surface area contributed by atoms with Crippen LogP contribution in [0.4, 0.5) is 0 Å².